The molecule has 0 radical (unpaired) electrons. The highest BCUT2D eigenvalue weighted by atomic mass is 35.5. The number of hydrogen-bond donors (Lipinski definition) is 1. The van der Waals surface area contributed by atoms with Crippen LogP contribution in [0.15, 0.2) is 71.6 Å². The molecule has 0 aliphatic rings. The molecule has 2 amide bonds. The van der Waals surface area contributed by atoms with E-state index in [-0.39, 0.29) is 39.0 Å². The van der Waals surface area contributed by atoms with Crippen molar-refractivity contribution in [1.29, 1.82) is 0 Å². The van der Waals surface area contributed by atoms with Gasteiger partial charge >= 0.3 is 0 Å². The maximum absolute atomic E-state index is 13.9. The summed E-state index contributed by atoms with van der Waals surface area (Å²) >= 11 is 18.5. The molecule has 11 heteroatoms. The summed E-state index contributed by atoms with van der Waals surface area (Å²) in [5.41, 5.74) is 1.72. The van der Waals surface area contributed by atoms with E-state index in [1.165, 1.54) is 35.2 Å². The Hall–Kier alpha value is -2.78. The number of nitrogens with zero attached hydrogens (tertiary/aromatic N) is 2. The third kappa shape index (κ3) is 8.13. The van der Waals surface area contributed by atoms with Gasteiger partial charge in [0.25, 0.3) is 10.0 Å². The third-order valence-electron chi connectivity index (χ3n) is 6.17. The molecule has 3 aromatic rings. The predicted octanol–water partition coefficient (Wildman–Crippen LogP) is 6.34. The van der Waals surface area contributed by atoms with Gasteiger partial charge in [0.15, 0.2) is 0 Å². The van der Waals surface area contributed by atoms with Crippen LogP contribution in [0.25, 0.3) is 0 Å². The Labute approximate surface area is 251 Å². The van der Waals surface area contributed by atoms with Gasteiger partial charge in [-0.25, -0.2) is 8.42 Å². The second kappa shape index (κ2) is 13.7. The highest BCUT2D eigenvalue weighted by molar-refractivity contribution is 7.92. The predicted molar refractivity (Wildman–Crippen MR) is 161 cm³/mol. The molecule has 0 saturated heterocycles. The highest BCUT2D eigenvalue weighted by Crippen LogP contribution is 2.31. The lowest BCUT2D eigenvalue weighted by Gasteiger charge is -2.32. The highest BCUT2D eigenvalue weighted by Gasteiger charge is 2.32. The first kappa shape index (κ1) is 31.7. The Morgan fingerprint density at radius 1 is 0.900 bits per heavy atom. The average molecular weight is 625 g/mol. The molecule has 0 spiro atoms. The first-order valence-corrected chi connectivity index (χ1v) is 15.2. The van der Waals surface area contributed by atoms with Crippen LogP contribution in [0.2, 0.25) is 15.1 Å². The van der Waals surface area contributed by atoms with Gasteiger partial charge in [-0.3, -0.25) is 13.9 Å². The number of carbonyl (C=O) groups excluding carboxylic acids is 2. The molecule has 0 aromatic heterocycles. The van der Waals surface area contributed by atoms with Crippen molar-refractivity contribution in [3.8, 4) is 0 Å². The number of hydrogen-bond acceptors (Lipinski definition) is 4. The molecule has 214 valence electrons. The normalized spacial score (nSPS) is 12.2. The minimum Gasteiger partial charge on any atom is -0.354 e. The zero-order valence-corrected chi connectivity index (χ0v) is 25.8. The van der Waals surface area contributed by atoms with Crippen LogP contribution in [-0.4, -0.2) is 44.3 Å². The molecule has 7 nitrogen and oxygen atoms in total. The van der Waals surface area contributed by atoms with Crippen LogP contribution in [-0.2, 0) is 26.2 Å². The molecular weight excluding hydrogens is 593 g/mol. The van der Waals surface area contributed by atoms with E-state index >= 15 is 0 Å². The van der Waals surface area contributed by atoms with Gasteiger partial charge in [-0.05, 0) is 67.8 Å². The van der Waals surface area contributed by atoms with E-state index in [4.69, 9.17) is 34.8 Å². The van der Waals surface area contributed by atoms with Gasteiger partial charge in [-0.15, -0.1) is 0 Å². The number of carbonyl (C=O) groups is 2. The Balaban J connectivity index is 2.04. The van der Waals surface area contributed by atoms with E-state index in [0.29, 0.717) is 17.1 Å². The largest absolute Gasteiger partial charge is 0.354 e. The summed E-state index contributed by atoms with van der Waals surface area (Å²) in [6, 6.07) is 16.7. The van der Waals surface area contributed by atoms with Crippen molar-refractivity contribution in [2.24, 2.45) is 5.92 Å². The van der Waals surface area contributed by atoms with Gasteiger partial charge in [0, 0.05) is 18.1 Å². The first-order valence-electron chi connectivity index (χ1n) is 12.7. The van der Waals surface area contributed by atoms with Crippen LogP contribution in [0.5, 0.6) is 0 Å². The number of aryl methyl sites for hydroxylation is 1. The van der Waals surface area contributed by atoms with Crippen molar-refractivity contribution < 1.29 is 18.0 Å². The molecule has 0 aliphatic carbocycles. The molecule has 1 N–H and O–H groups in total. The number of sulfonamides is 1. The quantitative estimate of drug-likeness (QED) is 0.270. The molecule has 0 unspecified atom stereocenters. The summed E-state index contributed by atoms with van der Waals surface area (Å²) in [4.78, 5) is 28.3. The van der Waals surface area contributed by atoms with Crippen LogP contribution in [0, 0.1) is 12.8 Å². The molecule has 3 aromatic carbocycles. The van der Waals surface area contributed by atoms with Gasteiger partial charge in [0.2, 0.25) is 11.8 Å². The van der Waals surface area contributed by atoms with Gasteiger partial charge in [-0.2, -0.15) is 0 Å². The maximum atomic E-state index is 13.9. The molecule has 0 fully saturated rings. The zero-order chi connectivity index (χ0) is 29.6. The summed E-state index contributed by atoms with van der Waals surface area (Å²) in [5, 5.41) is 3.70. The van der Waals surface area contributed by atoms with Crippen LogP contribution < -0.4 is 9.62 Å². The fraction of sp³-hybridized carbons (Fsp3) is 0.310. The van der Waals surface area contributed by atoms with E-state index in [9.17, 15) is 18.0 Å². The molecule has 1 atom stereocenters. The van der Waals surface area contributed by atoms with Crippen LogP contribution in [0.4, 0.5) is 5.69 Å². The number of nitrogens with one attached hydrogen (secondary N) is 1. The first-order chi connectivity index (χ1) is 18.8. The fourth-order valence-electron chi connectivity index (χ4n) is 3.87. The standard InChI is InChI=1S/C29H32Cl3N3O4S/c1-19(2)16-33-29(37)21(4)34(17-22-6-5-7-23(30)14-22)28(36)18-35(24-10-13-26(31)27(32)15-24)40(38,39)25-11-8-20(3)9-12-25/h5-15,19,21H,16-18H2,1-4H3,(H,33,37)/t21-/m0/s1. The minimum absolute atomic E-state index is 0.00101. The van der Waals surface area contributed by atoms with Crippen molar-refractivity contribution in [2.75, 3.05) is 17.4 Å². The number of halogens is 3. The van der Waals surface area contributed by atoms with Gasteiger partial charge < -0.3 is 10.2 Å². The Morgan fingerprint density at radius 2 is 1.57 bits per heavy atom. The second-order valence-corrected chi connectivity index (χ2v) is 13.0. The van der Waals surface area contributed by atoms with Crippen molar-refractivity contribution in [2.45, 2.75) is 45.2 Å². The van der Waals surface area contributed by atoms with Crippen LogP contribution in [0.3, 0.4) is 0 Å². The number of anilines is 1. The van der Waals surface area contributed by atoms with Crippen LogP contribution in [0.1, 0.15) is 31.9 Å². The fourth-order valence-corrected chi connectivity index (χ4v) is 5.78. The summed E-state index contributed by atoms with van der Waals surface area (Å²) in [5.74, 6) is -0.737. The molecule has 0 bridgehead atoms. The van der Waals surface area contributed by atoms with Crippen molar-refractivity contribution in [1.82, 2.24) is 10.2 Å². The van der Waals surface area contributed by atoms with E-state index in [1.54, 1.807) is 43.3 Å². The lowest BCUT2D eigenvalue weighted by Crippen LogP contribution is -2.51. The number of amides is 2. The molecule has 3 rings (SSSR count). The second-order valence-electron chi connectivity index (χ2n) is 9.89. The van der Waals surface area contributed by atoms with Crippen molar-refractivity contribution in [3.05, 3.63) is 92.9 Å². The Kier molecular flexibility index (Phi) is 10.9. The molecular formula is C29H32Cl3N3O4S. The summed E-state index contributed by atoms with van der Waals surface area (Å²) in [6.45, 7) is 7.26. The van der Waals surface area contributed by atoms with E-state index < -0.39 is 28.5 Å². The number of benzene rings is 3. The van der Waals surface area contributed by atoms with Crippen LogP contribution >= 0.6 is 34.8 Å². The molecule has 0 aliphatic heterocycles. The smallest absolute Gasteiger partial charge is 0.264 e. The average Bonchev–Trinajstić information content (AvgIpc) is 2.90. The third-order valence-corrected chi connectivity index (χ3v) is 8.94. The van der Waals surface area contributed by atoms with E-state index in [2.05, 4.69) is 5.32 Å². The minimum atomic E-state index is -4.21. The monoisotopic (exact) mass is 623 g/mol. The molecule has 0 saturated carbocycles. The Morgan fingerprint density at radius 3 is 2.17 bits per heavy atom. The topological polar surface area (TPSA) is 86.8 Å². The zero-order valence-electron chi connectivity index (χ0n) is 22.7. The summed E-state index contributed by atoms with van der Waals surface area (Å²) in [7, 11) is -4.21. The lowest BCUT2D eigenvalue weighted by atomic mass is 10.1. The van der Waals surface area contributed by atoms with Gasteiger partial charge in [-0.1, -0.05) is 78.5 Å². The van der Waals surface area contributed by atoms with E-state index in [0.717, 1.165) is 9.87 Å². The van der Waals surface area contributed by atoms with Crippen molar-refractivity contribution >= 4 is 62.3 Å². The van der Waals surface area contributed by atoms with Gasteiger partial charge in [0.05, 0.1) is 20.6 Å². The molecule has 40 heavy (non-hydrogen) atoms. The summed E-state index contributed by atoms with van der Waals surface area (Å²) in [6.07, 6.45) is 0. The SMILES string of the molecule is Cc1ccc(S(=O)(=O)N(CC(=O)N(Cc2cccc(Cl)c2)[C@@H](C)C(=O)NCC(C)C)c2ccc(Cl)c(Cl)c2)cc1. The molecule has 0 heterocycles. The van der Waals surface area contributed by atoms with E-state index in [1.807, 2.05) is 20.8 Å². The van der Waals surface area contributed by atoms with Gasteiger partial charge in [0.1, 0.15) is 12.6 Å². The Bertz CT molecular complexity index is 1460. The lowest BCUT2D eigenvalue weighted by molar-refractivity contribution is -0.139. The van der Waals surface area contributed by atoms with Crippen molar-refractivity contribution in [3.63, 3.8) is 0 Å². The maximum Gasteiger partial charge on any atom is 0.264 e. The number of rotatable bonds is 11. The summed E-state index contributed by atoms with van der Waals surface area (Å²) < 4.78 is 28.7.